The number of non-ortho nitro benzene ring substituents is 1. The molecule has 9 heteroatoms. The minimum absolute atomic E-state index is 0.0806. The van der Waals surface area contributed by atoms with Crippen molar-refractivity contribution < 1.29 is 18.1 Å². The fraction of sp³-hybridized carbons (Fsp3) is 0.571. The number of hydrogen-bond donors (Lipinski definition) is 2. The van der Waals surface area contributed by atoms with Crippen LogP contribution in [0.15, 0.2) is 23.1 Å². The van der Waals surface area contributed by atoms with E-state index in [-0.39, 0.29) is 28.3 Å². The maximum atomic E-state index is 12.6. The highest BCUT2D eigenvalue weighted by Crippen LogP contribution is 2.28. The molecule has 1 saturated heterocycles. The molecule has 0 aliphatic carbocycles. The Bertz CT molecular complexity index is 671. The molecule has 0 amide bonds. The van der Waals surface area contributed by atoms with E-state index in [1.807, 2.05) is 0 Å². The van der Waals surface area contributed by atoms with Gasteiger partial charge in [0.2, 0.25) is 10.0 Å². The van der Waals surface area contributed by atoms with Crippen molar-refractivity contribution in [2.24, 2.45) is 5.92 Å². The van der Waals surface area contributed by atoms with Crippen molar-refractivity contribution in [2.75, 3.05) is 20.2 Å². The Morgan fingerprint density at radius 2 is 2.22 bits per heavy atom. The number of rotatable bonds is 6. The van der Waals surface area contributed by atoms with Gasteiger partial charge in [0.05, 0.1) is 12.0 Å². The van der Waals surface area contributed by atoms with E-state index in [0.29, 0.717) is 0 Å². The Morgan fingerprint density at radius 3 is 2.78 bits per heavy atom. The van der Waals surface area contributed by atoms with Crippen LogP contribution in [0, 0.1) is 16.0 Å². The number of nitrogens with zero attached hydrogens (tertiary/aromatic N) is 1. The van der Waals surface area contributed by atoms with Gasteiger partial charge in [0.1, 0.15) is 10.6 Å². The Morgan fingerprint density at radius 1 is 1.48 bits per heavy atom. The molecule has 128 valence electrons. The lowest BCUT2D eigenvalue weighted by Crippen LogP contribution is -2.44. The van der Waals surface area contributed by atoms with Crippen molar-refractivity contribution in [2.45, 2.75) is 30.7 Å². The fourth-order valence-electron chi connectivity index (χ4n) is 2.70. The Hall–Kier alpha value is -1.71. The van der Waals surface area contributed by atoms with Crippen molar-refractivity contribution >= 4 is 15.7 Å². The van der Waals surface area contributed by atoms with Crippen molar-refractivity contribution in [3.8, 4) is 5.75 Å². The molecule has 2 atom stereocenters. The molecule has 2 N–H and O–H groups in total. The van der Waals surface area contributed by atoms with Crippen LogP contribution in [0.3, 0.4) is 0 Å². The van der Waals surface area contributed by atoms with Crippen LogP contribution in [-0.4, -0.2) is 39.6 Å². The van der Waals surface area contributed by atoms with Gasteiger partial charge in [-0.15, -0.1) is 0 Å². The summed E-state index contributed by atoms with van der Waals surface area (Å²) in [6, 6.07) is 3.25. The van der Waals surface area contributed by atoms with Crippen LogP contribution in [0.2, 0.25) is 0 Å². The number of nitro groups is 1. The summed E-state index contributed by atoms with van der Waals surface area (Å²) in [5.41, 5.74) is -0.293. The second-order valence-corrected chi connectivity index (χ2v) is 7.29. The van der Waals surface area contributed by atoms with Gasteiger partial charge in [-0.1, -0.05) is 0 Å². The zero-order valence-electron chi connectivity index (χ0n) is 13.1. The topological polar surface area (TPSA) is 111 Å². The lowest BCUT2D eigenvalue weighted by Gasteiger charge is -2.28. The smallest absolute Gasteiger partial charge is 0.271 e. The van der Waals surface area contributed by atoms with Gasteiger partial charge in [0, 0.05) is 18.2 Å². The number of piperidine rings is 1. The summed E-state index contributed by atoms with van der Waals surface area (Å²) in [5.74, 6) is 0.264. The highest BCUT2D eigenvalue weighted by atomic mass is 32.2. The van der Waals surface area contributed by atoms with Crippen LogP contribution >= 0.6 is 0 Å². The molecule has 0 saturated carbocycles. The number of sulfonamides is 1. The van der Waals surface area contributed by atoms with E-state index in [1.54, 1.807) is 6.92 Å². The number of nitrogens with one attached hydrogen (secondary N) is 2. The zero-order chi connectivity index (χ0) is 17.0. The molecule has 0 aromatic heterocycles. The van der Waals surface area contributed by atoms with E-state index in [2.05, 4.69) is 10.0 Å². The third-order valence-corrected chi connectivity index (χ3v) is 5.61. The predicted octanol–water partition coefficient (Wildman–Crippen LogP) is 1.27. The van der Waals surface area contributed by atoms with Gasteiger partial charge in [-0.25, -0.2) is 13.1 Å². The van der Waals surface area contributed by atoms with Crippen LogP contribution in [0.25, 0.3) is 0 Å². The van der Waals surface area contributed by atoms with Crippen LogP contribution in [0.1, 0.15) is 19.8 Å². The molecule has 8 nitrogen and oxygen atoms in total. The number of ether oxygens (including phenoxy) is 1. The molecule has 23 heavy (non-hydrogen) atoms. The molecule has 0 bridgehead atoms. The minimum atomic E-state index is -3.91. The number of methoxy groups -OCH3 is 1. The first-order valence-corrected chi connectivity index (χ1v) is 8.89. The average Bonchev–Trinajstić information content (AvgIpc) is 2.54. The Labute approximate surface area is 135 Å². The molecule has 1 heterocycles. The van der Waals surface area contributed by atoms with Gasteiger partial charge in [-0.05, 0) is 44.8 Å². The van der Waals surface area contributed by atoms with E-state index in [0.717, 1.165) is 32.0 Å². The fourth-order valence-corrected chi connectivity index (χ4v) is 4.20. The standard InChI is InChI=1S/C14H21N3O5S/c1-10(11-4-3-7-15-9-11)16-23(20,21)14-8-12(17(18)19)5-6-13(14)22-2/h5-6,8,10-11,15-16H,3-4,7,9H2,1-2H3. The molecular formula is C14H21N3O5S. The third-order valence-electron chi connectivity index (χ3n) is 4.03. The van der Waals surface area contributed by atoms with Gasteiger partial charge in [0.25, 0.3) is 5.69 Å². The number of hydrogen-bond acceptors (Lipinski definition) is 6. The summed E-state index contributed by atoms with van der Waals surface area (Å²) in [6.07, 6.45) is 1.93. The molecule has 1 fully saturated rings. The highest BCUT2D eigenvalue weighted by molar-refractivity contribution is 7.89. The van der Waals surface area contributed by atoms with E-state index < -0.39 is 14.9 Å². The summed E-state index contributed by atoms with van der Waals surface area (Å²) in [6.45, 7) is 3.49. The maximum absolute atomic E-state index is 12.6. The van der Waals surface area contributed by atoms with Crippen LogP contribution < -0.4 is 14.8 Å². The van der Waals surface area contributed by atoms with Crippen molar-refractivity contribution in [3.63, 3.8) is 0 Å². The quantitative estimate of drug-likeness (QED) is 0.594. The summed E-state index contributed by atoms with van der Waals surface area (Å²) in [7, 11) is -2.59. The second-order valence-electron chi connectivity index (χ2n) is 5.61. The molecule has 1 aromatic rings. The highest BCUT2D eigenvalue weighted by Gasteiger charge is 2.28. The molecule has 1 aliphatic rings. The summed E-state index contributed by atoms with van der Waals surface area (Å²) >= 11 is 0. The number of benzene rings is 1. The largest absolute Gasteiger partial charge is 0.495 e. The van der Waals surface area contributed by atoms with Crippen molar-refractivity contribution in [1.29, 1.82) is 0 Å². The first-order valence-electron chi connectivity index (χ1n) is 7.40. The summed E-state index contributed by atoms with van der Waals surface area (Å²) < 4.78 is 32.9. The number of nitro benzene ring substituents is 1. The molecule has 2 unspecified atom stereocenters. The molecule has 0 radical (unpaired) electrons. The van der Waals surface area contributed by atoms with E-state index in [4.69, 9.17) is 4.74 Å². The van der Waals surface area contributed by atoms with E-state index in [9.17, 15) is 18.5 Å². The third kappa shape index (κ3) is 4.18. The van der Waals surface area contributed by atoms with Gasteiger partial charge < -0.3 is 10.1 Å². The first kappa shape index (κ1) is 17.6. The van der Waals surface area contributed by atoms with Crippen molar-refractivity contribution in [3.05, 3.63) is 28.3 Å². The predicted molar refractivity (Wildman–Crippen MR) is 85.0 cm³/mol. The SMILES string of the molecule is COc1ccc([N+](=O)[O-])cc1S(=O)(=O)NC(C)C1CCCNC1. The van der Waals surface area contributed by atoms with Gasteiger partial charge >= 0.3 is 0 Å². The van der Waals surface area contributed by atoms with Crippen molar-refractivity contribution in [1.82, 2.24) is 10.0 Å². The molecule has 1 aromatic carbocycles. The minimum Gasteiger partial charge on any atom is -0.495 e. The molecule has 0 spiro atoms. The second kappa shape index (κ2) is 7.24. The maximum Gasteiger partial charge on any atom is 0.271 e. The van der Waals surface area contributed by atoms with Gasteiger partial charge in [0.15, 0.2) is 0 Å². The van der Waals surface area contributed by atoms with E-state index in [1.165, 1.54) is 19.2 Å². The molecule has 1 aliphatic heterocycles. The molecular weight excluding hydrogens is 322 g/mol. The van der Waals surface area contributed by atoms with Crippen LogP contribution in [0.4, 0.5) is 5.69 Å². The Balaban J connectivity index is 2.27. The Kier molecular flexibility index (Phi) is 5.55. The van der Waals surface area contributed by atoms with Crippen LogP contribution in [-0.2, 0) is 10.0 Å². The van der Waals surface area contributed by atoms with Crippen LogP contribution in [0.5, 0.6) is 5.75 Å². The van der Waals surface area contributed by atoms with Gasteiger partial charge in [-0.3, -0.25) is 10.1 Å². The lowest BCUT2D eigenvalue weighted by molar-refractivity contribution is -0.385. The molecule has 2 rings (SSSR count). The zero-order valence-corrected chi connectivity index (χ0v) is 13.9. The first-order chi connectivity index (χ1) is 10.8. The normalized spacial score (nSPS) is 20.0. The summed E-state index contributed by atoms with van der Waals surface area (Å²) in [5, 5.41) is 14.1. The van der Waals surface area contributed by atoms with Gasteiger partial charge in [-0.2, -0.15) is 0 Å². The average molecular weight is 343 g/mol. The summed E-state index contributed by atoms with van der Waals surface area (Å²) in [4.78, 5) is 10.0. The van der Waals surface area contributed by atoms with E-state index >= 15 is 0 Å². The monoisotopic (exact) mass is 343 g/mol. The lowest BCUT2D eigenvalue weighted by atomic mass is 9.94.